The van der Waals surface area contributed by atoms with Crippen molar-refractivity contribution in [1.82, 2.24) is 9.13 Å². The molecule has 20 rings (SSSR count). The van der Waals surface area contributed by atoms with E-state index in [1.165, 1.54) is 127 Å². The highest BCUT2D eigenvalue weighted by atomic mass is 15.0. The molecule has 4 nitrogen and oxygen atoms in total. The first kappa shape index (κ1) is 62.9. The maximum absolute atomic E-state index is 4.26. The quantitative estimate of drug-likeness (QED) is 0.114. The second-order valence-electron chi connectivity index (χ2n) is 28.9. The van der Waals surface area contributed by atoms with Gasteiger partial charge in [-0.3, -0.25) is 0 Å². The van der Waals surface area contributed by atoms with Gasteiger partial charge in [0.15, 0.2) is 0 Å². The first-order valence-electron chi connectivity index (χ1n) is 37.0. The predicted molar refractivity (Wildman–Crippen MR) is 453 cm³/mol. The van der Waals surface area contributed by atoms with Gasteiger partial charge in [0, 0.05) is 66.3 Å². The number of anilines is 4. The van der Waals surface area contributed by atoms with E-state index < -0.39 is 5.41 Å². The van der Waals surface area contributed by atoms with Crippen LogP contribution in [0.1, 0.15) is 25.0 Å². The molecule has 0 unspecified atom stereocenters. The van der Waals surface area contributed by atoms with Crippen LogP contribution in [0.25, 0.3) is 166 Å². The molecule has 19 aromatic rings. The van der Waals surface area contributed by atoms with Gasteiger partial charge < -0.3 is 19.8 Å². The van der Waals surface area contributed by atoms with E-state index in [0.29, 0.717) is 0 Å². The van der Waals surface area contributed by atoms with Gasteiger partial charge in [0.25, 0.3) is 0 Å². The molecule has 0 fully saturated rings. The highest BCUT2D eigenvalue weighted by molar-refractivity contribution is 6.18. The van der Waals surface area contributed by atoms with E-state index in [4.69, 9.17) is 0 Å². The Labute approximate surface area is 623 Å². The number of nitrogens with zero attached hydrogens (tertiary/aromatic N) is 2. The van der Waals surface area contributed by atoms with Crippen LogP contribution in [0.4, 0.5) is 22.7 Å². The lowest BCUT2D eigenvalue weighted by Gasteiger charge is -2.28. The van der Waals surface area contributed by atoms with Crippen LogP contribution in [0, 0.1) is 0 Å². The first-order valence-corrected chi connectivity index (χ1v) is 37.0. The Bertz CT molecular complexity index is 6440. The Morgan fingerprint density at radius 1 is 0.215 bits per heavy atom. The summed E-state index contributed by atoms with van der Waals surface area (Å²) in [4.78, 5) is 0. The third-order valence-electron chi connectivity index (χ3n) is 22.2. The number of nitrogens with one attached hydrogen (secondary N) is 2. The minimum Gasteiger partial charge on any atom is -0.355 e. The normalized spacial score (nSPS) is 12.3. The first-order chi connectivity index (χ1) is 52.8. The Morgan fingerprint density at radius 3 is 0.944 bits per heavy atom. The topological polar surface area (TPSA) is 33.9 Å². The van der Waals surface area contributed by atoms with E-state index in [0.717, 1.165) is 72.7 Å². The van der Waals surface area contributed by atoms with Crippen molar-refractivity contribution in [1.29, 1.82) is 0 Å². The van der Waals surface area contributed by atoms with E-state index in [-0.39, 0.29) is 0 Å². The molecule has 0 aliphatic heterocycles. The van der Waals surface area contributed by atoms with Crippen LogP contribution in [0.5, 0.6) is 0 Å². The molecular weight excluding hydrogens is 1290 g/mol. The zero-order valence-corrected chi connectivity index (χ0v) is 59.3. The van der Waals surface area contributed by atoms with Crippen LogP contribution >= 0.6 is 0 Å². The molecule has 1 aliphatic rings. The standard InChI is InChI=1S/C103H72N4/c1-103(2)93-66-83(104-81-37-23-39-84(63-81)106-94-55-51-77(69-29-13-5-14-30-69)59-89(94)90-60-78(52-56-95(90)106)70-31-15-6-16-32-70)65-88(75-47-43-73(44-48-75)67-25-9-3-10-26-67)99(93)100-86-41-21-22-42-87(86)102(98(101(100)103)76-49-45-74(46-50-76)68-27-11-4-12-28-68)105-82-38-24-40-85(64-82)107-96-57-53-79(71-33-17-7-18-34-71)61-91(96)92-62-80(54-58-97(92)107)72-35-19-8-20-36-72/h3-66,104-105H,1-2H3. The molecule has 1 aliphatic carbocycles. The van der Waals surface area contributed by atoms with Crippen molar-refractivity contribution in [2.24, 2.45) is 0 Å². The molecule has 504 valence electrons. The summed E-state index contributed by atoms with van der Waals surface area (Å²) >= 11 is 0. The summed E-state index contributed by atoms with van der Waals surface area (Å²) in [7, 11) is 0. The molecular formula is C103H72N4. The second kappa shape index (κ2) is 25.9. The van der Waals surface area contributed by atoms with Crippen LogP contribution in [0.15, 0.2) is 388 Å². The summed E-state index contributed by atoms with van der Waals surface area (Å²) in [5.74, 6) is 0. The smallest absolute Gasteiger partial charge is 0.0547 e. The van der Waals surface area contributed by atoms with Crippen molar-refractivity contribution in [2.75, 3.05) is 10.6 Å². The van der Waals surface area contributed by atoms with Gasteiger partial charge in [-0.1, -0.05) is 305 Å². The van der Waals surface area contributed by atoms with Gasteiger partial charge in [-0.25, -0.2) is 0 Å². The molecule has 17 aromatic carbocycles. The monoisotopic (exact) mass is 1360 g/mol. The van der Waals surface area contributed by atoms with E-state index in [9.17, 15) is 0 Å². The fourth-order valence-electron chi connectivity index (χ4n) is 17.1. The molecule has 0 radical (unpaired) electrons. The summed E-state index contributed by atoms with van der Waals surface area (Å²) < 4.78 is 4.89. The van der Waals surface area contributed by atoms with Gasteiger partial charge in [-0.15, -0.1) is 0 Å². The van der Waals surface area contributed by atoms with Gasteiger partial charge in [0.2, 0.25) is 0 Å². The summed E-state index contributed by atoms with van der Waals surface area (Å²) in [5.41, 5.74) is 34.2. The molecule has 4 heteroatoms. The summed E-state index contributed by atoms with van der Waals surface area (Å²) in [6.45, 7) is 4.91. The minimum absolute atomic E-state index is 0.543. The number of fused-ring (bicyclic) bond motifs is 11. The van der Waals surface area contributed by atoms with E-state index in [2.05, 4.69) is 422 Å². The molecule has 0 spiro atoms. The Hall–Kier alpha value is -13.8. The molecule has 2 aromatic heterocycles. The van der Waals surface area contributed by atoms with Crippen molar-refractivity contribution in [3.8, 4) is 112 Å². The Balaban J connectivity index is 0.759. The number of benzene rings is 17. The Kier molecular flexibility index (Phi) is 15.2. The van der Waals surface area contributed by atoms with Crippen LogP contribution in [0.2, 0.25) is 0 Å². The van der Waals surface area contributed by atoms with Gasteiger partial charge in [-0.05, 0) is 208 Å². The molecule has 0 amide bonds. The summed E-state index contributed by atoms with van der Waals surface area (Å²) in [5, 5.41) is 15.5. The molecule has 2 N–H and O–H groups in total. The third-order valence-corrected chi connectivity index (χ3v) is 22.2. The fraction of sp³-hybridized carbons (Fsp3) is 0.0291. The maximum Gasteiger partial charge on any atom is 0.0547 e. The highest BCUT2D eigenvalue weighted by Crippen LogP contribution is 2.61. The lowest BCUT2D eigenvalue weighted by atomic mass is 9.77. The SMILES string of the molecule is CC1(C)c2cc(Nc3cccc(-n4c5ccc(-c6ccccc6)cc5c5cc(-c6ccccc6)ccc54)c3)cc(-c3ccc(-c4ccccc4)cc3)c2-c2c1c(-c1ccc(-c3ccccc3)cc1)c(Nc1cccc(-n3c4ccc(-c5ccccc5)cc4c4cc(-c5ccccc5)ccc43)c1)c1ccccc21. The highest BCUT2D eigenvalue weighted by Gasteiger charge is 2.42. The molecule has 0 saturated carbocycles. The van der Waals surface area contributed by atoms with E-state index in [1.54, 1.807) is 0 Å². The molecule has 0 saturated heterocycles. The zero-order chi connectivity index (χ0) is 71.1. The predicted octanol–water partition coefficient (Wildman–Crippen LogP) is 28.2. The zero-order valence-electron chi connectivity index (χ0n) is 59.3. The number of hydrogen-bond acceptors (Lipinski definition) is 2. The van der Waals surface area contributed by atoms with Crippen molar-refractivity contribution in [2.45, 2.75) is 19.3 Å². The molecule has 0 bridgehead atoms. The lowest BCUT2D eigenvalue weighted by molar-refractivity contribution is 0.663. The van der Waals surface area contributed by atoms with Gasteiger partial charge >= 0.3 is 0 Å². The summed E-state index contributed by atoms with van der Waals surface area (Å²) in [6.07, 6.45) is 0. The van der Waals surface area contributed by atoms with E-state index >= 15 is 0 Å². The molecule has 2 heterocycles. The fourth-order valence-corrected chi connectivity index (χ4v) is 17.1. The third kappa shape index (κ3) is 11.0. The second-order valence-corrected chi connectivity index (χ2v) is 28.9. The van der Waals surface area contributed by atoms with Gasteiger partial charge in [0.05, 0.1) is 27.8 Å². The van der Waals surface area contributed by atoms with Crippen LogP contribution in [0.3, 0.4) is 0 Å². The van der Waals surface area contributed by atoms with Crippen molar-refractivity contribution in [3.63, 3.8) is 0 Å². The number of aromatic nitrogens is 2. The minimum atomic E-state index is -0.543. The van der Waals surface area contributed by atoms with Gasteiger partial charge in [-0.2, -0.15) is 0 Å². The average molecular weight is 1370 g/mol. The summed E-state index contributed by atoms with van der Waals surface area (Å²) in [6, 6.07) is 143. The molecule has 0 atom stereocenters. The largest absolute Gasteiger partial charge is 0.355 e. The van der Waals surface area contributed by atoms with Crippen LogP contribution < -0.4 is 10.6 Å². The number of rotatable bonds is 14. The van der Waals surface area contributed by atoms with Crippen molar-refractivity contribution < 1.29 is 0 Å². The van der Waals surface area contributed by atoms with E-state index in [1.807, 2.05) is 0 Å². The van der Waals surface area contributed by atoms with Crippen LogP contribution in [-0.4, -0.2) is 9.13 Å². The van der Waals surface area contributed by atoms with Gasteiger partial charge in [0.1, 0.15) is 0 Å². The van der Waals surface area contributed by atoms with Crippen molar-refractivity contribution >= 4 is 77.1 Å². The Morgan fingerprint density at radius 2 is 0.542 bits per heavy atom. The maximum atomic E-state index is 4.26. The number of hydrogen-bond donors (Lipinski definition) is 2. The van der Waals surface area contributed by atoms with Crippen molar-refractivity contribution in [3.05, 3.63) is 399 Å². The average Bonchev–Trinajstić information content (AvgIpc) is 1.54. The van der Waals surface area contributed by atoms with Crippen LogP contribution in [-0.2, 0) is 5.41 Å². The lowest BCUT2D eigenvalue weighted by Crippen LogP contribution is -2.17. The molecule has 107 heavy (non-hydrogen) atoms.